The maximum atomic E-state index is 12.8. The monoisotopic (exact) mass is 364 g/mol. The number of aliphatic hydroxyl groups is 1. The highest BCUT2D eigenvalue weighted by atomic mass is 16.5. The van der Waals surface area contributed by atoms with Gasteiger partial charge in [-0.3, -0.25) is 9.59 Å². The number of rotatable bonds is 10. The van der Waals surface area contributed by atoms with Crippen molar-refractivity contribution < 1.29 is 24.2 Å². The molecule has 0 radical (unpaired) electrons. The minimum absolute atomic E-state index is 0.0464. The van der Waals surface area contributed by atoms with Gasteiger partial charge in [-0.05, 0) is 51.5 Å². The predicted molar refractivity (Wildman–Crippen MR) is 101 cm³/mol. The number of hydrogen-bond acceptors (Lipinski definition) is 5. The SMILES string of the molecule is CCC(CC(C)(CC(C)(C)C(=O)OC)C(=O)OCCO)c1ccccc1. The quantitative estimate of drug-likeness (QED) is 0.641. The number of carbonyl (C=O) groups is 2. The molecule has 2 atom stereocenters. The first-order valence-corrected chi connectivity index (χ1v) is 9.11. The minimum atomic E-state index is -0.872. The van der Waals surface area contributed by atoms with Crippen LogP contribution in [0.2, 0.25) is 0 Å². The predicted octanol–water partition coefficient (Wildman–Crippen LogP) is 3.70. The standard InChI is InChI=1S/C21H32O5/c1-6-16(17-10-8-7-9-11-17)14-21(4,19(24)26-13-12-22)15-20(2,3)18(23)25-5/h7-11,16,22H,6,12-15H2,1-5H3. The molecule has 2 unspecified atom stereocenters. The van der Waals surface area contributed by atoms with Crippen LogP contribution in [0.5, 0.6) is 0 Å². The van der Waals surface area contributed by atoms with Gasteiger partial charge in [0.1, 0.15) is 6.61 Å². The molecule has 0 aromatic heterocycles. The average Bonchev–Trinajstić information content (AvgIpc) is 2.63. The fourth-order valence-corrected chi connectivity index (χ4v) is 3.63. The summed E-state index contributed by atoms with van der Waals surface area (Å²) in [6.07, 6.45) is 1.73. The summed E-state index contributed by atoms with van der Waals surface area (Å²) in [5, 5.41) is 8.99. The first-order valence-electron chi connectivity index (χ1n) is 9.11. The van der Waals surface area contributed by atoms with Crippen molar-refractivity contribution in [3.05, 3.63) is 35.9 Å². The fraction of sp³-hybridized carbons (Fsp3) is 0.619. The average molecular weight is 364 g/mol. The van der Waals surface area contributed by atoms with Crippen LogP contribution >= 0.6 is 0 Å². The first kappa shape index (κ1) is 22.2. The molecule has 0 aliphatic carbocycles. The number of ether oxygens (including phenoxy) is 2. The highest BCUT2D eigenvalue weighted by Crippen LogP contribution is 2.43. The van der Waals surface area contributed by atoms with Gasteiger partial charge < -0.3 is 14.6 Å². The lowest BCUT2D eigenvalue weighted by molar-refractivity contribution is -0.163. The van der Waals surface area contributed by atoms with Gasteiger partial charge in [0.15, 0.2) is 0 Å². The number of aliphatic hydroxyl groups excluding tert-OH is 1. The van der Waals surface area contributed by atoms with E-state index in [0.717, 1.165) is 12.0 Å². The molecule has 1 aromatic carbocycles. The highest BCUT2D eigenvalue weighted by Gasteiger charge is 2.44. The lowest BCUT2D eigenvalue weighted by Gasteiger charge is -2.36. The topological polar surface area (TPSA) is 72.8 Å². The summed E-state index contributed by atoms with van der Waals surface area (Å²) in [6.45, 7) is 7.21. The number of benzene rings is 1. The van der Waals surface area contributed by atoms with Gasteiger partial charge in [-0.2, -0.15) is 0 Å². The lowest BCUT2D eigenvalue weighted by Crippen LogP contribution is -2.40. The van der Waals surface area contributed by atoms with Gasteiger partial charge in [-0.15, -0.1) is 0 Å². The molecule has 0 saturated heterocycles. The zero-order valence-electron chi connectivity index (χ0n) is 16.6. The second-order valence-corrected chi connectivity index (χ2v) is 7.69. The second kappa shape index (κ2) is 9.72. The summed E-state index contributed by atoms with van der Waals surface area (Å²) in [7, 11) is 1.35. The summed E-state index contributed by atoms with van der Waals surface area (Å²) >= 11 is 0. The molecule has 1 N–H and O–H groups in total. The Hall–Kier alpha value is -1.88. The van der Waals surface area contributed by atoms with E-state index in [-0.39, 0.29) is 25.1 Å². The molecule has 146 valence electrons. The van der Waals surface area contributed by atoms with Crippen LogP contribution in [0, 0.1) is 10.8 Å². The molecule has 0 bridgehead atoms. The van der Waals surface area contributed by atoms with Crippen LogP contribution in [0.4, 0.5) is 0 Å². The third-order valence-electron chi connectivity index (χ3n) is 4.85. The highest BCUT2D eigenvalue weighted by molar-refractivity contribution is 5.80. The Balaban J connectivity index is 3.14. The van der Waals surface area contributed by atoms with Gasteiger partial charge in [0.05, 0.1) is 24.5 Å². The third kappa shape index (κ3) is 5.84. The van der Waals surface area contributed by atoms with Gasteiger partial charge in [0.2, 0.25) is 0 Å². The largest absolute Gasteiger partial charge is 0.469 e. The molecule has 1 rings (SSSR count). The van der Waals surface area contributed by atoms with Crippen LogP contribution < -0.4 is 0 Å². The van der Waals surface area contributed by atoms with E-state index in [2.05, 4.69) is 19.1 Å². The molecule has 5 nitrogen and oxygen atoms in total. The maximum Gasteiger partial charge on any atom is 0.311 e. The third-order valence-corrected chi connectivity index (χ3v) is 4.85. The van der Waals surface area contributed by atoms with Gasteiger partial charge in [0, 0.05) is 0 Å². The van der Waals surface area contributed by atoms with Crippen molar-refractivity contribution >= 4 is 11.9 Å². The van der Waals surface area contributed by atoms with Gasteiger partial charge in [0.25, 0.3) is 0 Å². The van der Waals surface area contributed by atoms with E-state index >= 15 is 0 Å². The molecule has 0 aliphatic rings. The summed E-state index contributed by atoms with van der Waals surface area (Å²) in [4.78, 5) is 25.0. The van der Waals surface area contributed by atoms with E-state index in [0.29, 0.717) is 12.8 Å². The molecular formula is C21H32O5. The Morgan fingerprint density at radius 2 is 1.73 bits per heavy atom. The second-order valence-electron chi connectivity index (χ2n) is 7.69. The smallest absolute Gasteiger partial charge is 0.311 e. The maximum absolute atomic E-state index is 12.8. The molecule has 0 fully saturated rings. The van der Waals surface area contributed by atoms with Crippen LogP contribution in [0.1, 0.15) is 58.4 Å². The van der Waals surface area contributed by atoms with E-state index < -0.39 is 16.8 Å². The molecule has 26 heavy (non-hydrogen) atoms. The molecular weight excluding hydrogens is 332 g/mol. The molecule has 0 spiro atoms. The Morgan fingerprint density at radius 3 is 2.23 bits per heavy atom. The van der Waals surface area contributed by atoms with Crippen LogP contribution in [0.15, 0.2) is 30.3 Å². The lowest BCUT2D eigenvalue weighted by atomic mass is 9.68. The van der Waals surface area contributed by atoms with Gasteiger partial charge in [-0.1, -0.05) is 37.3 Å². The zero-order valence-corrected chi connectivity index (χ0v) is 16.6. The summed E-state index contributed by atoms with van der Waals surface area (Å²) in [5.74, 6) is -0.583. The fourth-order valence-electron chi connectivity index (χ4n) is 3.63. The van der Waals surface area contributed by atoms with Crippen molar-refractivity contribution in [2.45, 2.75) is 52.9 Å². The van der Waals surface area contributed by atoms with E-state index in [9.17, 15) is 9.59 Å². The minimum Gasteiger partial charge on any atom is -0.469 e. The van der Waals surface area contributed by atoms with Crippen molar-refractivity contribution in [3.63, 3.8) is 0 Å². The molecule has 0 amide bonds. The molecule has 1 aromatic rings. The van der Waals surface area contributed by atoms with E-state index in [4.69, 9.17) is 14.6 Å². The van der Waals surface area contributed by atoms with Crippen molar-refractivity contribution in [3.8, 4) is 0 Å². The van der Waals surface area contributed by atoms with E-state index in [1.54, 1.807) is 13.8 Å². The Morgan fingerprint density at radius 1 is 1.12 bits per heavy atom. The number of esters is 2. The van der Waals surface area contributed by atoms with Gasteiger partial charge >= 0.3 is 11.9 Å². The molecule has 0 aliphatic heterocycles. The summed E-state index contributed by atoms with van der Waals surface area (Å²) in [5.41, 5.74) is -0.535. The first-order chi connectivity index (χ1) is 12.2. The van der Waals surface area contributed by atoms with E-state index in [1.165, 1.54) is 7.11 Å². The summed E-state index contributed by atoms with van der Waals surface area (Å²) in [6, 6.07) is 10.0. The van der Waals surface area contributed by atoms with Crippen molar-refractivity contribution in [1.82, 2.24) is 0 Å². The molecule has 0 saturated carbocycles. The van der Waals surface area contributed by atoms with Gasteiger partial charge in [-0.25, -0.2) is 0 Å². The zero-order chi connectivity index (χ0) is 19.8. The number of methoxy groups -OCH3 is 1. The Labute approximate surface area is 156 Å². The van der Waals surface area contributed by atoms with Crippen molar-refractivity contribution in [1.29, 1.82) is 0 Å². The van der Waals surface area contributed by atoms with E-state index in [1.807, 2.05) is 25.1 Å². The van der Waals surface area contributed by atoms with Crippen LogP contribution in [-0.4, -0.2) is 37.4 Å². The van der Waals surface area contributed by atoms with Crippen molar-refractivity contribution in [2.24, 2.45) is 10.8 Å². The number of carbonyl (C=O) groups excluding carboxylic acids is 2. The molecule has 5 heteroatoms. The molecule has 0 heterocycles. The number of hydrogen-bond donors (Lipinski definition) is 1. The van der Waals surface area contributed by atoms with Crippen molar-refractivity contribution in [2.75, 3.05) is 20.3 Å². The summed E-state index contributed by atoms with van der Waals surface area (Å²) < 4.78 is 10.2. The van der Waals surface area contributed by atoms with Crippen LogP contribution in [0.25, 0.3) is 0 Å². The Kier molecular flexibility index (Phi) is 8.28. The Bertz CT molecular complexity index is 581. The van der Waals surface area contributed by atoms with Crippen LogP contribution in [-0.2, 0) is 19.1 Å². The normalized spacial score (nSPS) is 15.0. The van der Waals surface area contributed by atoms with Crippen LogP contribution in [0.3, 0.4) is 0 Å².